The number of halogens is 1. The zero-order valence-electron chi connectivity index (χ0n) is 11.5. The molecule has 2 aromatic heterocycles. The van der Waals surface area contributed by atoms with Gasteiger partial charge in [-0.15, -0.1) is 23.7 Å². The first-order valence-electron chi connectivity index (χ1n) is 6.58. The summed E-state index contributed by atoms with van der Waals surface area (Å²) in [4.78, 5) is 11.3. The summed E-state index contributed by atoms with van der Waals surface area (Å²) in [6, 6.07) is 4.56. The monoisotopic (exact) mass is 310 g/mol. The molecule has 1 aliphatic rings. The standard InChI is InChI=1S/C14H18N4S.ClH/c1-11-17-13(10-19-11)9-18-6-5-16-8-14(18)12-3-2-4-15-7-12;/h2-4,7,10,14,16H,5-6,8-9H2,1H3;1H. The number of pyridine rings is 1. The van der Waals surface area contributed by atoms with Crippen LogP contribution in [0.3, 0.4) is 0 Å². The predicted octanol–water partition coefficient (Wildman–Crippen LogP) is 2.41. The van der Waals surface area contributed by atoms with Crippen LogP contribution >= 0.6 is 23.7 Å². The fourth-order valence-corrected chi connectivity index (χ4v) is 3.13. The molecule has 3 rings (SSSR count). The molecule has 0 aromatic carbocycles. The highest BCUT2D eigenvalue weighted by atomic mass is 35.5. The maximum atomic E-state index is 4.57. The Hall–Kier alpha value is -1.01. The lowest BCUT2D eigenvalue weighted by atomic mass is 10.1. The maximum absolute atomic E-state index is 4.57. The van der Waals surface area contributed by atoms with Gasteiger partial charge in [0.15, 0.2) is 0 Å². The molecule has 4 nitrogen and oxygen atoms in total. The van der Waals surface area contributed by atoms with Crippen molar-refractivity contribution in [2.45, 2.75) is 19.5 Å². The van der Waals surface area contributed by atoms with E-state index in [0.717, 1.165) is 31.2 Å². The fraction of sp³-hybridized carbons (Fsp3) is 0.429. The Bertz CT molecular complexity index is 531. The molecule has 0 saturated carbocycles. The second-order valence-corrected chi connectivity index (χ2v) is 5.90. The average Bonchev–Trinajstić information content (AvgIpc) is 2.86. The van der Waals surface area contributed by atoms with Gasteiger partial charge in [0.1, 0.15) is 0 Å². The molecule has 1 unspecified atom stereocenters. The van der Waals surface area contributed by atoms with E-state index in [1.54, 1.807) is 11.3 Å². The van der Waals surface area contributed by atoms with E-state index < -0.39 is 0 Å². The van der Waals surface area contributed by atoms with Gasteiger partial charge in [-0.3, -0.25) is 9.88 Å². The number of thiazole rings is 1. The van der Waals surface area contributed by atoms with Crippen molar-refractivity contribution in [3.05, 3.63) is 46.2 Å². The minimum atomic E-state index is 0. The number of piperazine rings is 1. The average molecular weight is 311 g/mol. The van der Waals surface area contributed by atoms with Crippen LogP contribution in [-0.4, -0.2) is 34.5 Å². The Morgan fingerprint density at radius 3 is 3.10 bits per heavy atom. The summed E-state index contributed by atoms with van der Waals surface area (Å²) in [5.74, 6) is 0. The van der Waals surface area contributed by atoms with Crippen molar-refractivity contribution in [2.75, 3.05) is 19.6 Å². The zero-order valence-corrected chi connectivity index (χ0v) is 13.1. The number of aryl methyl sites for hydroxylation is 1. The Labute approximate surface area is 129 Å². The van der Waals surface area contributed by atoms with E-state index in [9.17, 15) is 0 Å². The second-order valence-electron chi connectivity index (χ2n) is 4.83. The van der Waals surface area contributed by atoms with Crippen molar-refractivity contribution in [1.29, 1.82) is 0 Å². The van der Waals surface area contributed by atoms with Crippen LogP contribution in [0.2, 0.25) is 0 Å². The van der Waals surface area contributed by atoms with Crippen molar-refractivity contribution in [1.82, 2.24) is 20.2 Å². The first-order valence-corrected chi connectivity index (χ1v) is 7.46. The van der Waals surface area contributed by atoms with Gasteiger partial charge in [-0.2, -0.15) is 0 Å². The van der Waals surface area contributed by atoms with Crippen LogP contribution in [0.1, 0.15) is 22.3 Å². The normalized spacial score (nSPS) is 19.6. The third kappa shape index (κ3) is 3.55. The van der Waals surface area contributed by atoms with Crippen LogP contribution in [0.4, 0.5) is 0 Å². The third-order valence-electron chi connectivity index (χ3n) is 3.46. The molecule has 3 heterocycles. The van der Waals surface area contributed by atoms with Gasteiger partial charge in [0, 0.05) is 50.0 Å². The van der Waals surface area contributed by atoms with Gasteiger partial charge in [-0.1, -0.05) is 6.07 Å². The summed E-state index contributed by atoms with van der Waals surface area (Å²) in [6.07, 6.45) is 3.80. The topological polar surface area (TPSA) is 41.1 Å². The van der Waals surface area contributed by atoms with Gasteiger partial charge in [-0.05, 0) is 18.6 Å². The summed E-state index contributed by atoms with van der Waals surface area (Å²) in [5, 5.41) is 6.77. The number of rotatable bonds is 3. The number of aromatic nitrogens is 2. The largest absolute Gasteiger partial charge is 0.314 e. The smallest absolute Gasteiger partial charge is 0.0897 e. The summed E-state index contributed by atoms with van der Waals surface area (Å²) in [5.41, 5.74) is 2.46. The number of nitrogens with zero attached hydrogens (tertiary/aromatic N) is 3. The highest BCUT2D eigenvalue weighted by Crippen LogP contribution is 2.23. The minimum Gasteiger partial charge on any atom is -0.314 e. The summed E-state index contributed by atoms with van der Waals surface area (Å²) >= 11 is 1.72. The highest BCUT2D eigenvalue weighted by molar-refractivity contribution is 7.09. The van der Waals surface area contributed by atoms with E-state index in [1.807, 2.05) is 18.5 Å². The molecular weight excluding hydrogens is 292 g/mol. The lowest BCUT2D eigenvalue weighted by molar-refractivity contribution is 0.152. The van der Waals surface area contributed by atoms with Crippen LogP contribution in [-0.2, 0) is 6.54 Å². The SMILES string of the molecule is Cc1nc(CN2CCNCC2c2cccnc2)cs1.Cl. The lowest BCUT2D eigenvalue weighted by Gasteiger charge is -2.35. The summed E-state index contributed by atoms with van der Waals surface area (Å²) in [6.45, 7) is 6.06. The predicted molar refractivity (Wildman–Crippen MR) is 84.4 cm³/mol. The minimum absolute atomic E-state index is 0. The quantitative estimate of drug-likeness (QED) is 0.945. The van der Waals surface area contributed by atoms with Crippen molar-refractivity contribution in [2.24, 2.45) is 0 Å². The Morgan fingerprint density at radius 1 is 1.50 bits per heavy atom. The molecule has 1 saturated heterocycles. The molecule has 0 bridgehead atoms. The second kappa shape index (κ2) is 7.13. The molecule has 1 N–H and O–H groups in total. The van der Waals surface area contributed by atoms with E-state index in [2.05, 4.69) is 38.6 Å². The number of hydrogen-bond acceptors (Lipinski definition) is 5. The number of nitrogens with one attached hydrogen (secondary N) is 1. The highest BCUT2D eigenvalue weighted by Gasteiger charge is 2.24. The van der Waals surface area contributed by atoms with Gasteiger partial charge < -0.3 is 5.32 Å². The molecule has 0 amide bonds. The van der Waals surface area contributed by atoms with Gasteiger partial charge in [0.05, 0.1) is 10.7 Å². The van der Waals surface area contributed by atoms with Gasteiger partial charge in [0.25, 0.3) is 0 Å². The van der Waals surface area contributed by atoms with Crippen LogP contribution in [0.5, 0.6) is 0 Å². The van der Waals surface area contributed by atoms with Crippen molar-refractivity contribution < 1.29 is 0 Å². The molecule has 0 spiro atoms. The molecule has 1 aliphatic heterocycles. The maximum Gasteiger partial charge on any atom is 0.0897 e. The lowest BCUT2D eigenvalue weighted by Crippen LogP contribution is -2.45. The molecule has 2 aromatic rings. The van der Waals surface area contributed by atoms with Crippen molar-refractivity contribution in [3.63, 3.8) is 0 Å². The molecule has 0 radical (unpaired) electrons. The zero-order chi connectivity index (χ0) is 13.1. The van der Waals surface area contributed by atoms with E-state index in [0.29, 0.717) is 6.04 Å². The fourth-order valence-electron chi connectivity index (χ4n) is 2.53. The van der Waals surface area contributed by atoms with Crippen LogP contribution in [0.15, 0.2) is 29.9 Å². The Morgan fingerprint density at radius 2 is 2.40 bits per heavy atom. The van der Waals surface area contributed by atoms with Crippen molar-refractivity contribution >= 4 is 23.7 Å². The van der Waals surface area contributed by atoms with Gasteiger partial charge in [0.2, 0.25) is 0 Å². The van der Waals surface area contributed by atoms with E-state index >= 15 is 0 Å². The molecular formula is C14H19ClN4S. The molecule has 1 fully saturated rings. The Balaban J connectivity index is 0.00000147. The molecule has 6 heteroatoms. The van der Waals surface area contributed by atoms with Crippen LogP contribution in [0.25, 0.3) is 0 Å². The third-order valence-corrected chi connectivity index (χ3v) is 4.28. The van der Waals surface area contributed by atoms with E-state index in [4.69, 9.17) is 0 Å². The summed E-state index contributed by atoms with van der Waals surface area (Å²) < 4.78 is 0. The van der Waals surface area contributed by atoms with Gasteiger partial charge >= 0.3 is 0 Å². The van der Waals surface area contributed by atoms with Gasteiger partial charge in [-0.25, -0.2) is 4.98 Å². The van der Waals surface area contributed by atoms with Crippen LogP contribution < -0.4 is 5.32 Å². The van der Waals surface area contributed by atoms with Crippen LogP contribution in [0, 0.1) is 6.92 Å². The van der Waals surface area contributed by atoms with E-state index in [1.165, 1.54) is 11.3 Å². The Kier molecular flexibility index (Phi) is 5.48. The first kappa shape index (κ1) is 15.4. The molecule has 20 heavy (non-hydrogen) atoms. The first-order chi connectivity index (χ1) is 9.33. The number of hydrogen-bond donors (Lipinski definition) is 1. The van der Waals surface area contributed by atoms with E-state index in [-0.39, 0.29) is 12.4 Å². The summed E-state index contributed by atoms with van der Waals surface area (Å²) in [7, 11) is 0. The molecule has 108 valence electrons. The van der Waals surface area contributed by atoms with Crippen molar-refractivity contribution in [3.8, 4) is 0 Å². The molecule has 1 atom stereocenters. The molecule has 0 aliphatic carbocycles.